The van der Waals surface area contributed by atoms with E-state index in [-0.39, 0.29) is 6.03 Å². The average Bonchev–Trinajstić information content (AvgIpc) is 3.13. The minimum atomic E-state index is -0.135. The van der Waals surface area contributed by atoms with Gasteiger partial charge in [-0.25, -0.2) is 4.79 Å². The normalized spacial score (nSPS) is 17.9. The third-order valence-corrected chi connectivity index (χ3v) is 5.00. The number of urea groups is 1. The molecule has 0 saturated carbocycles. The van der Waals surface area contributed by atoms with Gasteiger partial charge in [-0.05, 0) is 19.1 Å². The second kappa shape index (κ2) is 7.87. The maximum Gasteiger partial charge on any atom is 0.323 e. The van der Waals surface area contributed by atoms with Crippen LogP contribution in [0.1, 0.15) is 5.76 Å². The van der Waals surface area contributed by atoms with Crippen LogP contribution in [0.4, 0.5) is 22.0 Å². The van der Waals surface area contributed by atoms with E-state index in [0.717, 1.165) is 39.4 Å². The van der Waals surface area contributed by atoms with E-state index in [1.54, 1.807) is 13.0 Å². The van der Waals surface area contributed by atoms with E-state index in [0.29, 0.717) is 24.7 Å². The molecule has 0 unspecified atom stereocenters. The lowest BCUT2D eigenvalue weighted by Gasteiger charge is -2.39. The molecule has 2 aliphatic heterocycles. The van der Waals surface area contributed by atoms with Crippen molar-refractivity contribution in [3.63, 3.8) is 0 Å². The fraction of sp³-hybridized carbons (Fsp3) is 0.474. The van der Waals surface area contributed by atoms with Gasteiger partial charge in [-0.1, -0.05) is 17.3 Å². The summed E-state index contributed by atoms with van der Waals surface area (Å²) in [5.41, 5.74) is 2.48. The Kier molecular flexibility index (Phi) is 5.15. The van der Waals surface area contributed by atoms with E-state index in [9.17, 15) is 4.79 Å². The summed E-state index contributed by atoms with van der Waals surface area (Å²) in [6.07, 6.45) is 0. The molecule has 2 aromatic rings. The molecule has 0 spiro atoms. The number of hydrogen-bond donors (Lipinski definition) is 1. The number of anilines is 3. The molecular weight excluding hydrogens is 346 g/mol. The van der Waals surface area contributed by atoms with Crippen LogP contribution in [0.2, 0.25) is 0 Å². The predicted octanol–water partition coefficient (Wildman–Crippen LogP) is 2.17. The number of nitrogens with one attached hydrogen (secondary N) is 1. The van der Waals surface area contributed by atoms with Gasteiger partial charge < -0.3 is 24.0 Å². The molecule has 0 bridgehead atoms. The number of carbonyl (C=O) groups excluding carboxylic acids is 1. The molecule has 8 nitrogen and oxygen atoms in total. The van der Waals surface area contributed by atoms with Crippen LogP contribution in [-0.2, 0) is 4.74 Å². The molecule has 8 heteroatoms. The van der Waals surface area contributed by atoms with Crippen molar-refractivity contribution in [2.24, 2.45) is 0 Å². The van der Waals surface area contributed by atoms with Crippen LogP contribution in [0.25, 0.3) is 0 Å². The van der Waals surface area contributed by atoms with E-state index in [1.165, 1.54) is 11.4 Å². The number of para-hydroxylation sites is 2. The first kappa shape index (κ1) is 17.7. The number of amides is 2. The van der Waals surface area contributed by atoms with Gasteiger partial charge in [0.1, 0.15) is 5.76 Å². The molecule has 2 aliphatic rings. The molecule has 2 saturated heterocycles. The molecule has 144 valence electrons. The summed E-state index contributed by atoms with van der Waals surface area (Å²) in [7, 11) is 0. The Morgan fingerprint density at radius 2 is 1.63 bits per heavy atom. The molecule has 0 atom stereocenters. The predicted molar refractivity (Wildman–Crippen MR) is 104 cm³/mol. The van der Waals surface area contributed by atoms with Crippen LogP contribution in [0, 0.1) is 6.92 Å². The maximum atomic E-state index is 12.4. The third-order valence-electron chi connectivity index (χ3n) is 5.00. The number of rotatable bonds is 3. The number of aryl methyl sites for hydroxylation is 1. The monoisotopic (exact) mass is 371 g/mol. The molecule has 2 amide bonds. The lowest BCUT2D eigenvalue weighted by molar-refractivity contribution is 0.122. The highest BCUT2D eigenvalue weighted by atomic mass is 16.5. The van der Waals surface area contributed by atoms with Gasteiger partial charge in [0.05, 0.1) is 24.6 Å². The quantitative estimate of drug-likeness (QED) is 0.891. The van der Waals surface area contributed by atoms with Gasteiger partial charge in [-0.3, -0.25) is 5.32 Å². The molecule has 1 aromatic carbocycles. The summed E-state index contributed by atoms with van der Waals surface area (Å²) in [4.78, 5) is 19.0. The van der Waals surface area contributed by atoms with E-state index in [4.69, 9.17) is 9.26 Å². The standard InChI is InChI=1S/C19H25N5O3/c1-15-14-18(21-27-15)20-19(25)24-8-6-22(7-9-24)16-4-2-3-5-17(16)23-10-12-26-13-11-23/h2-5,14H,6-13H2,1H3,(H,20,21,25). The highest BCUT2D eigenvalue weighted by Gasteiger charge is 2.24. The van der Waals surface area contributed by atoms with E-state index < -0.39 is 0 Å². The van der Waals surface area contributed by atoms with Crippen molar-refractivity contribution in [1.29, 1.82) is 0 Å². The number of piperazine rings is 1. The van der Waals surface area contributed by atoms with Crippen LogP contribution in [0.3, 0.4) is 0 Å². The first-order chi connectivity index (χ1) is 13.2. The lowest BCUT2D eigenvalue weighted by Crippen LogP contribution is -2.50. The number of benzene rings is 1. The zero-order chi connectivity index (χ0) is 18.6. The highest BCUT2D eigenvalue weighted by molar-refractivity contribution is 5.88. The largest absolute Gasteiger partial charge is 0.378 e. The summed E-state index contributed by atoms with van der Waals surface area (Å²) in [6, 6.07) is 10.1. The molecule has 1 aromatic heterocycles. The van der Waals surface area contributed by atoms with Gasteiger partial charge in [0, 0.05) is 45.3 Å². The van der Waals surface area contributed by atoms with E-state index >= 15 is 0 Å². The smallest absolute Gasteiger partial charge is 0.323 e. The Bertz CT molecular complexity index is 779. The zero-order valence-corrected chi connectivity index (χ0v) is 15.6. The average molecular weight is 371 g/mol. The number of morpholine rings is 1. The number of ether oxygens (including phenoxy) is 1. The summed E-state index contributed by atoms with van der Waals surface area (Å²) in [6.45, 7) is 8.09. The fourth-order valence-electron chi connectivity index (χ4n) is 3.57. The van der Waals surface area contributed by atoms with Crippen molar-refractivity contribution >= 4 is 23.2 Å². The molecule has 27 heavy (non-hydrogen) atoms. The number of nitrogens with zero attached hydrogens (tertiary/aromatic N) is 4. The second-order valence-electron chi connectivity index (χ2n) is 6.82. The first-order valence-corrected chi connectivity index (χ1v) is 9.36. The van der Waals surface area contributed by atoms with Gasteiger partial charge in [0.2, 0.25) is 0 Å². The molecule has 4 rings (SSSR count). The van der Waals surface area contributed by atoms with Crippen molar-refractivity contribution in [2.45, 2.75) is 6.92 Å². The first-order valence-electron chi connectivity index (χ1n) is 9.36. The Balaban J connectivity index is 1.38. The summed E-state index contributed by atoms with van der Waals surface area (Å²) in [5, 5.41) is 6.61. The second-order valence-corrected chi connectivity index (χ2v) is 6.82. The molecule has 0 radical (unpaired) electrons. The van der Waals surface area contributed by atoms with Crippen LogP contribution < -0.4 is 15.1 Å². The van der Waals surface area contributed by atoms with Gasteiger partial charge in [-0.15, -0.1) is 0 Å². The Morgan fingerprint density at radius 3 is 2.22 bits per heavy atom. The zero-order valence-electron chi connectivity index (χ0n) is 15.6. The van der Waals surface area contributed by atoms with E-state index in [1.807, 2.05) is 4.90 Å². The van der Waals surface area contributed by atoms with Crippen molar-refractivity contribution < 1.29 is 14.1 Å². The Hall–Kier alpha value is -2.74. The SMILES string of the molecule is Cc1cc(NC(=O)N2CCN(c3ccccc3N3CCOCC3)CC2)no1. The Morgan fingerprint density at radius 1 is 1.00 bits per heavy atom. The highest BCUT2D eigenvalue weighted by Crippen LogP contribution is 2.30. The van der Waals surface area contributed by atoms with Crippen LogP contribution in [0.5, 0.6) is 0 Å². The van der Waals surface area contributed by atoms with Gasteiger partial charge in [0.25, 0.3) is 0 Å². The minimum absolute atomic E-state index is 0.135. The molecular formula is C19H25N5O3. The lowest BCUT2D eigenvalue weighted by atomic mass is 10.2. The fourth-order valence-corrected chi connectivity index (χ4v) is 3.57. The topological polar surface area (TPSA) is 74.1 Å². The molecule has 1 N–H and O–H groups in total. The van der Waals surface area contributed by atoms with Crippen molar-refractivity contribution in [3.8, 4) is 0 Å². The van der Waals surface area contributed by atoms with Gasteiger partial charge >= 0.3 is 6.03 Å². The van der Waals surface area contributed by atoms with Crippen molar-refractivity contribution in [3.05, 3.63) is 36.1 Å². The summed E-state index contributed by atoms with van der Waals surface area (Å²) < 4.78 is 10.5. The number of carbonyl (C=O) groups is 1. The maximum absolute atomic E-state index is 12.4. The van der Waals surface area contributed by atoms with Crippen LogP contribution in [-0.4, -0.2) is 68.6 Å². The van der Waals surface area contributed by atoms with Crippen molar-refractivity contribution in [2.75, 3.05) is 67.6 Å². The summed E-state index contributed by atoms with van der Waals surface area (Å²) in [5.74, 6) is 1.13. The molecule has 3 heterocycles. The number of hydrogen-bond acceptors (Lipinski definition) is 6. The van der Waals surface area contributed by atoms with Gasteiger partial charge in [0.15, 0.2) is 5.82 Å². The van der Waals surface area contributed by atoms with Crippen LogP contribution >= 0.6 is 0 Å². The van der Waals surface area contributed by atoms with Crippen LogP contribution in [0.15, 0.2) is 34.9 Å². The minimum Gasteiger partial charge on any atom is -0.378 e. The molecule has 0 aliphatic carbocycles. The van der Waals surface area contributed by atoms with Crippen molar-refractivity contribution in [1.82, 2.24) is 10.1 Å². The van der Waals surface area contributed by atoms with Gasteiger partial charge in [-0.2, -0.15) is 0 Å². The molecule has 2 fully saturated rings. The summed E-state index contributed by atoms with van der Waals surface area (Å²) >= 11 is 0. The van der Waals surface area contributed by atoms with E-state index in [2.05, 4.69) is 44.5 Å². The number of aromatic nitrogens is 1. The Labute approximate surface area is 158 Å². The third kappa shape index (κ3) is 4.00.